The number of piperidine rings is 1. The molecule has 2 fully saturated rings. The van der Waals surface area contributed by atoms with E-state index in [0.717, 1.165) is 38.8 Å². The van der Waals surface area contributed by atoms with Gasteiger partial charge in [-0.3, -0.25) is 9.59 Å². The number of nitrogens with zero attached hydrogens (tertiary/aromatic N) is 1. The van der Waals surface area contributed by atoms with Crippen LogP contribution in [0.4, 0.5) is 0 Å². The van der Waals surface area contributed by atoms with Gasteiger partial charge in [-0.25, -0.2) is 0 Å². The molecule has 1 aromatic rings. The molecule has 4 heteroatoms. The number of nitrogens with one attached hydrogen (secondary N) is 1. The summed E-state index contributed by atoms with van der Waals surface area (Å²) in [6, 6.07) is 10.6. The van der Waals surface area contributed by atoms with Crippen LogP contribution in [0, 0.1) is 17.8 Å². The van der Waals surface area contributed by atoms with Crippen molar-refractivity contribution >= 4 is 11.8 Å². The van der Waals surface area contributed by atoms with Gasteiger partial charge in [-0.15, -0.1) is 0 Å². The maximum atomic E-state index is 12.3. The first-order valence-electron chi connectivity index (χ1n) is 9.23. The Labute approximate surface area is 144 Å². The van der Waals surface area contributed by atoms with Crippen molar-refractivity contribution in [2.24, 2.45) is 17.8 Å². The van der Waals surface area contributed by atoms with Crippen molar-refractivity contribution in [3.8, 4) is 0 Å². The Hall–Kier alpha value is -1.84. The lowest BCUT2D eigenvalue weighted by atomic mass is 9.90. The molecule has 3 rings (SSSR count). The Kier molecular flexibility index (Phi) is 5.54. The summed E-state index contributed by atoms with van der Waals surface area (Å²) in [5, 5.41) is 2.90. The molecule has 2 amide bonds. The predicted octanol–water partition coefficient (Wildman–Crippen LogP) is 2.63. The summed E-state index contributed by atoms with van der Waals surface area (Å²) in [7, 11) is 0. The Balaban J connectivity index is 1.33. The van der Waals surface area contributed by atoms with Crippen LogP contribution in [0.1, 0.15) is 38.2 Å². The van der Waals surface area contributed by atoms with Crippen LogP contribution in [0.5, 0.6) is 0 Å². The van der Waals surface area contributed by atoms with Gasteiger partial charge in [0, 0.05) is 32.0 Å². The van der Waals surface area contributed by atoms with E-state index in [-0.39, 0.29) is 17.7 Å². The van der Waals surface area contributed by atoms with Crippen LogP contribution >= 0.6 is 0 Å². The summed E-state index contributed by atoms with van der Waals surface area (Å²) >= 11 is 0. The van der Waals surface area contributed by atoms with Crippen molar-refractivity contribution in [2.75, 3.05) is 19.6 Å². The average molecular weight is 328 g/mol. The molecule has 130 valence electrons. The fraction of sp³-hybridized carbons (Fsp3) is 0.600. The number of likely N-dealkylation sites (tertiary alicyclic amines) is 1. The van der Waals surface area contributed by atoms with Crippen molar-refractivity contribution in [2.45, 2.75) is 39.0 Å². The summed E-state index contributed by atoms with van der Waals surface area (Å²) in [6.45, 7) is 4.27. The number of carbonyl (C=O) groups excluding carboxylic acids is 2. The highest BCUT2D eigenvalue weighted by molar-refractivity contribution is 5.82. The van der Waals surface area contributed by atoms with Crippen LogP contribution in [-0.2, 0) is 16.0 Å². The molecule has 0 radical (unpaired) electrons. The third kappa shape index (κ3) is 4.59. The van der Waals surface area contributed by atoms with E-state index in [1.54, 1.807) is 0 Å². The fourth-order valence-electron chi connectivity index (χ4n) is 3.60. The van der Waals surface area contributed by atoms with Crippen molar-refractivity contribution in [3.05, 3.63) is 35.9 Å². The molecule has 4 nitrogen and oxygen atoms in total. The topological polar surface area (TPSA) is 49.4 Å². The van der Waals surface area contributed by atoms with Gasteiger partial charge in [0.05, 0.1) is 0 Å². The molecular weight excluding hydrogens is 300 g/mol. The van der Waals surface area contributed by atoms with Gasteiger partial charge in [0.15, 0.2) is 0 Å². The first-order valence-corrected chi connectivity index (χ1v) is 9.23. The van der Waals surface area contributed by atoms with E-state index in [9.17, 15) is 9.59 Å². The minimum absolute atomic E-state index is 0.122. The molecule has 2 aliphatic rings. The molecule has 1 aromatic carbocycles. The molecular formula is C20H28N2O2. The van der Waals surface area contributed by atoms with Crippen LogP contribution in [0.15, 0.2) is 30.3 Å². The number of benzene rings is 1. The van der Waals surface area contributed by atoms with Crippen molar-refractivity contribution in [1.29, 1.82) is 0 Å². The molecule has 1 aliphatic heterocycles. The van der Waals surface area contributed by atoms with Crippen LogP contribution in [0.3, 0.4) is 0 Å². The normalized spacial score (nSPS) is 23.8. The summed E-state index contributed by atoms with van der Waals surface area (Å²) in [5.74, 6) is 1.68. The molecule has 2 unspecified atom stereocenters. The zero-order chi connectivity index (χ0) is 16.9. The molecule has 1 saturated heterocycles. The molecule has 1 heterocycles. The molecule has 2 atom stereocenters. The molecule has 24 heavy (non-hydrogen) atoms. The quantitative estimate of drug-likeness (QED) is 0.873. The molecule has 1 N–H and O–H groups in total. The van der Waals surface area contributed by atoms with E-state index in [2.05, 4.69) is 36.5 Å². The number of carbonyl (C=O) groups is 2. The van der Waals surface area contributed by atoms with E-state index in [1.165, 1.54) is 5.56 Å². The second-order valence-corrected chi connectivity index (χ2v) is 7.37. The standard InChI is InChI=1S/C20H28N2O2/c1-15-13-18(15)20(24)21-10-7-19(23)22-11-8-17(9-12-22)14-16-5-3-2-4-6-16/h2-6,15,17-18H,7-14H2,1H3,(H,21,24). The van der Waals surface area contributed by atoms with E-state index < -0.39 is 0 Å². The molecule has 1 aliphatic carbocycles. The highest BCUT2D eigenvalue weighted by Crippen LogP contribution is 2.37. The van der Waals surface area contributed by atoms with Crippen LogP contribution in [-0.4, -0.2) is 36.3 Å². The largest absolute Gasteiger partial charge is 0.355 e. The summed E-state index contributed by atoms with van der Waals surface area (Å²) in [5.41, 5.74) is 1.39. The Morgan fingerprint density at radius 2 is 1.83 bits per heavy atom. The van der Waals surface area contributed by atoms with Gasteiger partial charge in [0.25, 0.3) is 0 Å². The second-order valence-electron chi connectivity index (χ2n) is 7.37. The first kappa shape index (κ1) is 17.0. The second kappa shape index (κ2) is 7.82. The van der Waals surface area contributed by atoms with E-state index in [4.69, 9.17) is 0 Å². The lowest BCUT2D eigenvalue weighted by Gasteiger charge is -2.32. The van der Waals surface area contributed by atoms with Crippen LogP contribution in [0.2, 0.25) is 0 Å². The van der Waals surface area contributed by atoms with Gasteiger partial charge < -0.3 is 10.2 Å². The average Bonchev–Trinajstić information content (AvgIpc) is 3.33. The Bertz CT molecular complexity index is 564. The number of amides is 2. The number of rotatable bonds is 6. The third-order valence-corrected chi connectivity index (χ3v) is 5.42. The van der Waals surface area contributed by atoms with Gasteiger partial charge in [0.1, 0.15) is 0 Å². The third-order valence-electron chi connectivity index (χ3n) is 5.42. The first-order chi connectivity index (χ1) is 11.6. The van der Waals surface area contributed by atoms with Crippen molar-refractivity contribution < 1.29 is 9.59 Å². The van der Waals surface area contributed by atoms with Crippen LogP contribution in [0.25, 0.3) is 0 Å². The SMILES string of the molecule is CC1CC1C(=O)NCCC(=O)N1CCC(Cc2ccccc2)CC1. The van der Waals surface area contributed by atoms with Gasteiger partial charge in [-0.2, -0.15) is 0 Å². The summed E-state index contributed by atoms with van der Waals surface area (Å²) < 4.78 is 0. The van der Waals surface area contributed by atoms with E-state index in [1.807, 2.05) is 11.0 Å². The lowest BCUT2D eigenvalue weighted by molar-refractivity contribution is -0.132. The monoisotopic (exact) mass is 328 g/mol. The zero-order valence-corrected chi connectivity index (χ0v) is 14.5. The highest BCUT2D eigenvalue weighted by atomic mass is 16.2. The predicted molar refractivity (Wildman–Crippen MR) is 94.3 cm³/mol. The number of hydrogen-bond donors (Lipinski definition) is 1. The van der Waals surface area contributed by atoms with E-state index in [0.29, 0.717) is 24.8 Å². The molecule has 0 aromatic heterocycles. The Morgan fingerprint density at radius 3 is 2.46 bits per heavy atom. The Morgan fingerprint density at radius 1 is 1.17 bits per heavy atom. The minimum atomic E-state index is 0.122. The van der Waals surface area contributed by atoms with E-state index >= 15 is 0 Å². The van der Waals surface area contributed by atoms with Gasteiger partial charge >= 0.3 is 0 Å². The maximum absolute atomic E-state index is 12.3. The van der Waals surface area contributed by atoms with Gasteiger partial charge in [-0.1, -0.05) is 37.3 Å². The molecule has 1 saturated carbocycles. The highest BCUT2D eigenvalue weighted by Gasteiger charge is 2.38. The summed E-state index contributed by atoms with van der Waals surface area (Å²) in [6.07, 6.45) is 4.68. The summed E-state index contributed by atoms with van der Waals surface area (Å²) in [4.78, 5) is 26.0. The zero-order valence-electron chi connectivity index (χ0n) is 14.5. The molecule has 0 spiro atoms. The maximum Gasteiger partial charge on any atom is 0.224 e. The fourth-order valence-corrected chi connectivity index (χ4v) is 3.60. The smallest absolute Gasteiger partial charge is 0.224 e. The number of hydrogen-bond acceptors (Lipinski definition) is 2. The van der Waals surface area contributed by atoms with Crippen LogP contribution < -0.4 is 5.32 Å². The van der Waals surface area contributed by atoms with Crippen molar-refractivity contribution in [1.82, 2.24) is 10.2 Å². The molecule has 0 bridgehead atoms. The minimum Gasteiger partial charge on any atom is -0.355 e. The lowest BCUT2D eigenvalue weighted by Crippen LogP contribution is -2.40. The van der Waals surface area contributed by atoms with Crippen molar-refractivity contribution in [3.63, 3.8) is 0 Å². The van der Waals surface area contributed by atoms with Gasteiger partial charge in [-0.05, 0) is 43.1 Å². The van der Waals surface area contributed by atoms with Gasteiger partial charge in [0.2, 0.25) is 11.8 Å².